The van der Waals surface area contributed by atoms with E-state index in [0.717, 1.165) is 12.1 Å². The Bertz CT molecular complexity index is 352. The lowest BCUT2D eigenvalue weighted by Gasteiger charge is -2.16. The fourth-order valence-electron chi connectivity index (χ4n) is 1.99. The highest BCUT2D eigenvalue weighted by Gasteiger charge is 2.18. The van der Waals surface area contributed by atoms with Gasteiger partial charge in [0.15, 0.2) is 0 Å². The zero-order chi connectivity index (χ0) is 9.42. The van der Waals surface area contributed by atoms with E-state index in [0.29, 0.717) is 0 Å². The third kappa shape index (κ3) is 1.24. The molecule has 0 amide bonds. The van der Waals surface area contributed by atoms with Gasteiger partial charge in [-0.05, 0) is 24.5 Å². The zero-order valence-electron chi connectivity index (χ0n) is 8.30. The normalized spacial score (nSPS) is 14.5. The molecule has 1 nitrogen and oxygen atoms in total. The molecule has 0 saturated carbocycles. The topological polar surface area (TPSA) is 3.24 Å². The van der Waals surface area contributed by atoms with Gasteiger partial charge in [-0.2, -0.15) is 0 Å². The second-order valence-electron chi connectivity index (χ2n) is 3.77. The molecular formula is C12H15N. The number of hydrogen-bond donors (Lipinski definition) is 0. The van der Waals surface area contributed by atoms with Gasteiger partial charge in [-0.1, -0.05) is 24.8 Å². The summed E-state index contributed by atoms with van der Waals surface area (Å²) in [4.78, 5) is 2.32. The molecule has 0 N–H and O–H groups in total. The first-order valence-electron chi connectivity index (χ1n) is 4.69. The van der Waals surface area contributed by atoms with E-state index in [1.807, 2.05) is 0 Å². The molecule has 0 fully saturated rings. The number of nitrogens with zero attached hydrogens (tertiary/aromatic N) is 1. The maximum absolute atomic E-state index is 4.01. The molecule has 1 aromatic rings. The van der Waals surface area contributed by atoms with Gasteiger partial charge in [-0.25, -0.2) is 0 Å². The SMILES string of the molecule is C=C(C)c1cccc2c1N(C)CC2. The number of allylic oxidation sites excluding steroid dienone is 1. The zero-order valence-corrected chi connectivity index (χ0v) is 8.30. The summed E-state index contributed by atoms with van der Waals surface area (Å²) in [7, 11) is 2.15. The van der Waals surface area contributed by atoms with Crippen molar-refractivity contribution in [3.8, 4) is 0 Å². The van der Waals surface area contributed by atoms with Crippen LogP contribution in [0.3, 0.4) is 0 Å². The number of rotatable bonds is 1. The first-order valence-corrected chi connectivity index (χ1v) is 4.69. The van der Waals surface area contributed by atoms with Gasteiger partial charge in [0.05, 0.1) is 0 Å². The number of likely N-dealkylation sites (N-methyl/N-ethyl adjacent to an activating group) is 1. The molecule has 1 aliphatic heterocycles. The molecule has 1 aromatic carbocycles. The summed E-state index contributed by atoms with van der Waals surface area (Å²) in [6, 6.07) is 6.50. The Balaban J connectivity index is 2.60. The molecule has 0 spiro atoms. The summed E-state index contributed by atoms with van der Waals surface area (Å²) in [6.07, 6.45) is 1.17. The Labute approximate surface area is 79.7 Å². The van der Waals surface area contributed by atoms with Crippen molar-refractivity contribution in [2.24, 2.45) is 0 Å². The van der Waals surface area contributed by atoms with E-state index < -0.39 is 0 Å². The van der Waals surface area contributed by atoms with E-state index in [9.17, 15) is 0 Å². The van der Waals surface area contributed by atoms with Crippen molar-refractivity contribution in [3.05, 3.63) is 35.9 Å². The van der Waals surface area contributed by atoms with Crippen molar-refractivity contribution in [2.75, 3.05) is 18.5 Å². The first kappa shape index (κ1) is 8.36. The smallest absolute Gasteiger partial charge is 0.0473 e. The average molecular weight is 173 g/mol. The van der Waals surface area contributed by atoms with Gasteiger partial charge in [-0.15, -0.1) is 0 Å². The molecule has 0 unspecified atom stereocenters. The highest BCUT2D eigenvalue weighted by Crippen LogP contribution is 2.33. The summed E-state index contributed by atoms with van der Waals surface area (Å²) in [5.41, 5.74) is 5.31. The number of benzene rings is 1. The van der Waals surface area contributed by atoms with Crippen LogP contribution >= 0.6 is 0 Å². The molecule has 0 atom stereocenters. The highest BCUT2D eigenvalue weighted by molar-refractivity contribution is 5.78. The van der Waals surface area contributed by atoms with Crippen molar-refractivity contribution in [1.82, 2.24) is 0 Å². The summed E-state index contributed by atoms with van der Waals surface area (Å²) < 4.78 is 0. The van der Waals surface area contributed by atoms with Crippen LogP contribution in [0, 0.1) is 0 Å². The van der Waals surface area contributed by atoms with Crippen molar-refractivity contribution >= 4 is 11.3 Å². The number of para-hydroxylation sites is 1. The van der Waals surface area contributed by atoms with E-state index in [-0.39, 0.29) is 0 Å². The second-order valence-corrected chi connectivity index (χ2v) is 3.77. The van der Waals surface area contributed by atoms with Crippen LogP contribution < -0.4 is 4.90 Å². The summed E-state index contributed by atoms with van der Waals surface area (Å²) in [5, 5.41) is 0. The molecular weight excluding hydrogens is 158 g/mol. The van der Waals surface area contributed by atoms with Crippen molar-refractivity contribution in [2.45, 2.75) is 13.3 Å². The van der Waals surface area contributed by atoms with Gasteiger partial charge in [-0.3, -0.25) is 0 Å². The Morgan fingerprint density at radius 3 is 2.92 bits per heavy atom. The lowest BCUT2D eigenvalue weighted by Crippen LogP contribution is -2.13. The molecule has 0 radical (unpaired) electrons. The second kappa shape index (κ2) is 2.91. The monoisotopic (exact) mass is 173 g/mol. The van der Waals surface area contributed by atoms with Crippen LogP contribution in [0.1, 0.15) is 18.1 Å². The minimum absolute atomic E-state index is 1.14. The third-order valence-electron chi connectivity index (χ3n) is 2.68. The molecule has 2 rings (SSSR count). The quantitative estimate of drug-likeness (QED) is 0.631. The van der Waals surface area contributed by atoms with E-state index in [1.165, 1.54) is 23.2 Å². The van der Waals surface area contributed by atoms with Crippen molar-refractivity contribution in [1.29, 1.82) is 0 Å². The predicted molar refractivity (Wildman–Crippen MR) is 58.1 cm³/mol. The molecule has 13 heavy (non-hydrogen) atoms. The molecule has 0 aromatic heterocycles. The fourth-order valence-corrected chi connectivity index (χ4v) is 1.99. The largest absolute Gasteiger partial charge is 0.374 e. The van der Waals surface area contributed by atoms with E-state index in [1.54, 1.807) is 0 Å². The Kier molecular flexibility index (Phi) is 1.87. The average Bonchev–Trinajstić information content (AvgIpc) is 2.48. The standard InChI is InChI=1S/C12H15N/c1-9(2)11-6-4-5-10-7-8-13(3)12(10)11/h4-6H,1,7-8H2,2-3H3. The molecule has 0 bridgehead atoms. The molecule has 0 saturated heterocycles. The lowest BCUT2D eigenvalue weighted by atomic mass is 10.0. The first-order chi connectivity index (χ1) is 6.20. The van der Waals surface area contributed by atoms with Gasteiger partial charge >= 0.3 is 0 Å². The van der Waals surface area contributed by atoms with Crippen LogP contribution in [0.25, 0.3) is 5.57 Å². The lowest BCUT2D eigenvalue weighted by molar-refractivity contribution is 0.955. The van der Waals surface area contributed by atoms with Crippen LogP contribution in [0.2, 0.25) is 0 Å². The van der Waals surface area contributed by atoms with Crippen LogP contribution in [-0.2, 0) is 6.42 Å². The van der Waals surface area contributed by atoms with Gasteiger partial charge in [0.2, 0.25) is 0 Å². The maximum atomic E-state index is 4.01. The van der Waals surface area contributed by atoms with Crippen LogP contribution in [0.4, 0.5) is 5.69 Å². The minimum atomic E-state index is 1.14. The third-order valence-corrected chi connectivity index (χ3v) is 2.68. The molecule has 1 heteroatoms. The minimum Gasteiger partial charge on any atom is -0.374 e. The summed E-state index contributed by atoms with van der Waals surface area (Å²) in [5.74, 6) is 0. The van der Waals surface area contributed by atoms with Crippen molar-refractivity contribution < 1.29 is 0 Å². The maximum Gasteiger partial charge on any atom is 0.0473 e. The van der Waals surface area contributed by atoms with Crippen LogP contribution in [-0.4, -0.2) is 13.6 Å². The number of anilines is 1. The van der Waals surface area contributed by atoms with Crippen LogP contribution in [0.15, 0.2) is 24.8 Å². The summed E-state index contributed by atoms with van der Waals surface area (Å²) in [6.45, 7) is 7.22. The van der Waals surface area contributed by atoms with Crippen molar-refractivity contribution in [3.63, 3.8) is 0 Å². The number of fused-ring (bicyclic) bond motifs is 1. The molecule has 1 heterocycles. The Morgan fingerprint density at radius 1 is 1.46 bits per heavy atom. The Morgan fingerprint density at radius 2 is 2.23 bits per heavy atom. The van der Waals surface area contributed by atoms with Gasteiger partial charge < -0.3 is 4.90 Å². The van der Waals surface area contributed by atoms with E-state index in [2.05, 4.69) is 43.6 Å². The Hall–Kier alpha value is -1.24. The van der Waals surface area contributed by atoms with Crippen LogP contribution in [0.5, 0.6) is 0 Å². The van der Waals surface area contributed by atoms with Gasteiger partial charge in [0, 0.05) is 24.8 Å². The molecule has 68 valence electrons. The van der Waals surface area contributed by atoms with E-state index in [4.69, 9.17) is 0 Å². The van der Waals surface area contributed by atoms with E-state index >= 15 is 0 Å². The predicted octanol–water partition coefficient (Wildman–Crippen LogP) is 2.71. The fraction of sp³-hybridized carbons (Fsp3) is 0.333. The number of hydrogen-bond acceptors (Lipinski definition) is 1. The highest BCUT2D eigenvalue weighted by atomic mass is 15.1. The van der Waals surface area contributed by atoms with Gasteiger partial charge in [0.1, 0.15) is 0 Å². The van der Waals surface area contributed by atoms with Gasteiger partial charge in [0.25, 0.3) is 0 Å². The summed E-state index contributed by atoms with van der Waals surface area (Å²) >= 11 is 0. The molecule has 0 aliphatic carbocycles. The molecule has 1 aliphatic rings.